The summed E-state index contributed by atoms with van der Waals surface area (Å²) in [4.78, 5) is 34.0. The number of carboxylic acid groups (broad SMARTS) is 1. The second-order valence-corrected chi connectivity index (χ2v) is 9.00. The molecule has 0 radical (unpaired) electrons. The zero-order valence-electron chi connectivity index (χ0n) is 20.1. The number of fused-ring (bicyclic) bond motifs is 1. The fourth-order valence-electron chi connectivity index (χ4n) is 4.02. The zero-order valence-corrected chi connectivity index (χ0v) is 20.9. The molecule has 2 aromatic heterocycles. The van der Waals surface area contributed by atoms with Crippen LogP contribution in [0.25, 0.3) is 15.9 Å². The van der Waals surface area contributed by atoms with E-state index in [1.165, 1.54) is 11.1 Å². The van der Waals surface area contributed by atoms with E-state index >= 15 is 0 Å². The Hall–Kier alpha value is -3.41. The highest BCUT2D eigenvalue weighted by Gasteiger charge is 2.27. The molecule has 3 aromatic rings. The van der Waals surface area contributed by atoms with E-state index in [4.69, 9.17) is 28.0 Å². The minimum atomic E-state index is -0.968. The van der Waals surface area contributed by atoms with Crippen molar-refractivity contribution in [3.63, 3.8) is 0 Å². The Morgan fingerprint density at radius 1 is 1.31 bits per heavy atom. The Morgan fingerprint density at radius 2 is 2.09 bits per heavy atom. The largest absolute Gasteiger partial charge is 0.481 e. The van der Waals surface area contributed by atoms with Gasteiger partial charge in [-0.3, -0.25) is 9.59 Å². The number of aryl methyl sites for hydroxylation is 1. The van der Waals surface area contributed by atoms with Gasteiger partial charge in [-0.05, 0) is 49.9 Å². The smallest absolute Gasteiger partial charge is 0.305 e. The van der Waals surface area contributed by atoms with E-state index in [9.17, 15) is 9.59 Å². The van der Waals surface area contributed by atoms with Crippen molar-refractivity contribution in [2.24, 2.45) is 7.05 Å². The van der Waals surface area contributed by atoms with E-state index in [1.54, 1.807) is 20.0 Å². The Kier molecular flexibility index (Phi) is 8.85. The Bertz CT molecular complexity index is 1260. The van der Waals surface area contributed by atoms with Gasteiger partial charge in [-0.1, -0.05) is 23.7 Å². The number of carboxylic acids is 1. The quantitative estimate of drug-likeness (QED) is 0.289. The summed E-state index contributed by atoms with van der Waals surface area (Å²) in [7, 11) is 3.46. The summed E-state index contributed by atoms with van der Waals surface area (Å²) < 4.78 is 7.66. The van der Waals surface area contributed by atoms with Gasteiger partial charge in [-0.2, -0.15) is 0 Å². The first-order valence-corrected chi connectivity index (χ1v) is 11.8. The lowest BCUT2D eigenvalue weighted by molar-refractivity contribution is -0.137. The molecule has 8 nitrogen and oxygen atoms in total. The summed E-state index contributed by atoms with van der Waals surface area (Å²) in [5.74, 6) is -1.24. The highest BCUT2D eigenvalue weighted by atomic mass is 35.5. The Morgan fingerprint density at radius 3 is 2.77 bits per heavy atom. The van der Waals surface area contributed by atoms with Gasteiger partial charge in [0.15, 0.2) is 0 Å². The number of aliphatic carboxylic acids is 1. The van der Waals surface area contributed by atoms with Crippen LogP contribution in [0.15, 0.2) is 36.5 Å². The van der Waals surface area contributed by atoms with Crippen LogP contribution in [0.4, 0.5) is 5.69 Å². The topological polar surface area (TPSA) is 89.0 Å². The van der Waals surface area contributed by atoms with Crippen LogP contribution in [-0.2, 0) is 29.6 Å². The number of ether oxygens (including phenoxy) is 1. The first-order chi connectivity index (χ1) is 16.7. The summed E-state index contributed by atoms with van der Waals surface area (Å²) in [6, 6.07) is 8.74. The van der Waals surface area contributed by atoms with E-state index in [-0.39, 0.29) is 12.3 Å². The maximum atomic E-state index is 13.5. The van der Waals surface area contributed by atoms with Gasteiger partial charge in [0.2, 0.25) is 5.69 Å². The van der Waals surface area contributed by atoms with Crippen LogP contribution in [0, 0.1) is 6.57 Å². The number of unbranched alkanes of at least 4 members (excludes halogenated alkanes) is 1. The molecule has 0 saturated carbocycles. The average Bonchev–Trinajstić information content (AvgIpc) is 3.10. The molecule has 1 amide bonds. The predicted octanol–water partition coefficient (Wildman–Crippen LogP) is 5.25. The minimum Gasteiger partial charge on any atom is -0.481 e. The van der Waals surface area contributed by atoms with Crippen LogP contribution >= 0.6 is 11.6 Å². The molecule has 1 N–H and O–H groups in total. The van der Waals surface area contributed by atoms with Gasteiger partial charge in [0, 0.05) is 49.0 Å². The number of aromatic nitrogens is 2. The fourth-order valence-corrected chi connectivity index (χ4v) is 4.23. The third-order valence-electron chi connectivity index (χ3n) is 6.04. The van der Waals surface area contributed by atoms with Gasteiger partial charge < -0.3 is 19.3 Å². The monoisotopic (exact) mass is 496 g/mol. The van der Waals surface area contributed by atoms with Gasteiger partial charge >= 0.3 is 5.97 Å². The number of hydrogen-bond acceptors (Lipinski definition) is 4. The number of amides is 1. The van der Waals surface area contributed by atoms with Crippen LogP contribution in [-0.4, -0.2) is 51.1 Å². The molecule has 0 saturated heterocycles. The number of hydrogen-bond donors (Lipinski definition) is 1. The number of benzene rings is 1. The number of halogens is 1. The number of carbonyl (C=O) groups excluding carboxylic acids is 1. The molecule has 0 aliphatic carbocycles. The van der Waals surface area contributed by atoms with Crippen molar-refractivity contribution in [1.29, 1.82) is 0 Å². The summed E-state index contributed by atoms with van der Waals surface area (Å²) in [6.45, 7) is 10.1. The van der Waals surface area contributed by atoms with Crippen LogP contribution in [0.5, 0.6) is 0 Å². The van der Waals surface area contributed by atoms with Gasteiger partial charge in [0.25, 0.3) is 5.91 Å². The van der Waals surface area contributed by atoms with Crippen LogP contribution < -0.4 is 0 Å². The van der Waals surface area contributed by atoms with E-state index in [0.29, 0.717) is 46.9 Å². The summed E-state index contributed by atoms with van der Waals surface area (Å²) in [6.07, 6.45) is 3.53. The standard InChI is InChI=1S/C26H29ClN4O4/c1-17(12-23(32)33)30(3)26(34)24-21-14-20(28-2)15-29-25(21)31(4)22(24)10-5-6-11-35-16-18-8-7-9-19(27)13-18/h7-9,13-15,17H,5-6,10-12,16H2,1,3-4H3,(H,32,33)/t17-/m1/s1. The summed E-state index contributed by atoms with van der Waals surface area (Å²) >= 11 is 6.01. The minimum absolute atomic E-state index is 0.155. The van der Waals surface area contributed by atoms with Crippen molar-refractivity contribution in [1.82, 2.24) is 14.5 Å². The van der Waals surface area contributed by atoms with Gasteiger partial charge in [0.1, 0.15) is 5.65 Å². The zero-order chi connectivity index (χ0) is 25.5. The maximum Gasteiger partial charge on any atom is 0.305 e. The summed E-state index contributed by atoms with van der Waals surface area (Å²) in [5, 5.41) is 10.4. The van der Waals surface area contributed by atoms with Crippen LogP contribution in [0.2, 0.25) is 5.02 Å². The Balaban J connectivity index is 1.76. The van der Waals surface area contributed by atoms with Crippen LogP contribution in [0.3, 0.4) is 0 Å². The van der Waals surface area contributed by atoms with Gasteiger partial charge in [0.05, 0.1) is 25.2 Å². The fraction of sp³-hybridized carbons (Fsp3) is 0.385. The molecular weight excluding hydrogens is 468 g/mol. The highest BCUT2D eigenvalue weighted by Crippen LogP contribution is 2.30. The van der Waals surface area contributed by atoms with Gasteiger partial charge in [-0.15, -0.1) is 0 Å². The molecule has 3 rings (SSSR count). The van der Waals surface area contributed by atoms with Crippen molar-refractivity contribution >= 4 is 40.2 Å². The van der Waals surface area contributed by atoms with Crippen molar-refractivity contribution in [2.75, 3.05) is 13.7 Å². The molecule has 35 heavy (non-hydrogen) atoms. The SMILES string of the molecule is [C-]#[N+]c1cnc2c(c1)c(C(=O)N(C)[C@H](C)CC(=O)O)c(CCCCOCc1cccc(Cl)c1)n2C. The molecular formula is C26H29ClN4O4. The number of pyridine rings is 1. The molecule has 2 heterocycles. The summed E-state index contributed by atoms with van der Waals surface area (Å²) in [5.41, 5.74) is 3.26. The second-order valence-electron chi connectivity index (χ2n) is 8.56. The Labute approximate surface area is 209 Å². The molecule has 0 fully saturated rings. The molecule has 9 heteroatoms. The predicted molar refractivity (Wildman–Crippen MR) is 135 cm³/mol. The first kappa shape index (κ1) is 26.2. The molecule has 0 aliphatic rings. The van der Waals surface area contributed by atoms with Crippen molar-refractivity contribution in [3.8, 4) is 0 Å². The molecule has 184 valence electrons. The second kappa shape index (κ2) is 11.8. The normalized spacial score (nSPS) is 11.9. The molecule has 0 bridgehead atoms. The molecule has 0 spiro atoms. The third-order valence-corrected chi connectivity index (χ3v) is 6.27. The van der Waals surface area contributed by atoms with E-state index in [0.717, 1.165) is 24.1 Å². The lowest BCUT2D eigenvalue weighted by atomic mass is 10.0. The lowest BCUT2D eigenvalue weighted by Crippen LogP contribution is -2.37. The first-order valence-electron chi connectivity index (χ1n) is 11.4. The average molecular weight is 497 g/mol. The van der Waals surface area contributed by atoms with Crippen molar-refractivity contribution < 1.29 is 19.4 Å². The van der Waals surface area contributed by atoms with Gasteiger partial charge in [-0.25, -0.2) is 9.83 Å². The molecule has 0 unspecified atom stereocenters. The molecule has 0 aliphatic heterocycles. The van der Waals surface area contributed by atoms with Crippen molar-refractivity contribution in [2.45, 2.75) is 45.3 Å². The molecule has 1 aromatic carbocycles. The van der Waals surface area contributed by atoms with E-state index in [1.807, 2.05) is 35.9 Å². The molecule has 1 atom stereocenters. The third kappa shape index (κ3) is 6.38. The van der Waals surface area contributed by atoms with E-state index < -0.39 is 12.0 Å². The van der Waals surface area contributed by atoms with E-state index in [2.05, 4.69) is 9.83 Å². The number of rotatable bonds is 11. The van der Waals surface area contributed by atoms with Crippen LogP contribution in [0.1, 0.15) is 47.8 Å². The number of carbonyl (C=O) groups is 2. The van der Waals surface area contributed by atoms with Crippen molar-refractivity contribution in [3.05, 3.63) is 69.8 Å². The maximum absolute atomic E-state index is 13.5. The lowest BCUT2D eigenvalue weighted by Gasteiger charge is -2.24. The number of nitrogens with zero attached hydrogens (tertiary/aromatic N) is 4. The highest BCUT2D eigenvalue weighted by molar-refractivity contribution is 6.30.